The number of nitrogens with one attached hydrogen (secondary N) is 1. The average molecular weight is 392 g/mol. The molecule has 0 spiro atoms. The zero-order valence-corrected chi connectivity index (χ0v) is 14.4. The van der Waals surface area contributed by atoms with Crippen LogP contribution in [0.1, 0.15) is 24.1 Å². The molecule has 1 fully saturated rings. The molecule has 3 aromatic rings. The summed E-state index contributed by atoms with van der Waals surface area (Å²) in [7, 11) is 0. The van der Waals surface area contributed by atoms with E-state index in [1.807, 2.05) is 0 Å². The third kappa shape index (κ3) is 2.88. The molecule has 4 rings (SSSR count). The Morgan fingerprint density at radius 2 is 1.96 bits per heavy atom. The van der Waals surface area contributed by atoms with Gasteiger partial charge in [0.05, 0.1) is 29.8 Å². The van der Waals surface area contributed by atoms with Crippen LogP contribution in [-0.2, 0) is 0 Å². The van der Waals surface area contributed by atoms with E-state index in [1.165, 1.54) is 23.3 Å². The summed E-state index contributed by atoms with van der Waals surface area (Å²) in [6.45, 7) is 0. The van der Waals surface area contributed by atoms with Crippen molar-refractivity contribution in [1.82, 2.24) is 19.7 Å². The van der Waals surface area contributed by atoms with Crippen LogP contribution in [0.15, 0.2) is 30.7 Å². The predicted octanol–water partition coefficient (Wildman–Crippen LogP) is 0.406. The maximum Gasteiger partial charge on any atom is 0.163 e. The number of nitrogens with two attached hydrogens (primary N) is 1. The van der Waals surface area contributed by atoms with Gasteiger partial charge in [0.2, 0.25) is 0 Å². The van der Waals surface area contributed by atoms with Crippen LogP contribution in [0, 0.1) is 17.6 Å². The van der Waals surface area contributed by atoms with E-state index in [2.05, 4.69) is 20.5 Å². The second kappa shape index (κ2) is 7.02. The summed E-state index contributed by atoms with van der Waals surface area (Å²) >= 11 is 0. The van der Waals surface area contributed by atoms with Crippen molar-refractivity contribution >= 4 is 16.9 Å². The summed E-state index contributed by atoms with van der Waals surface area (Å²) < 4.78 is 28.1. The van der Waals surface area contributed by atoms with Crippen molar-refractivity contribution in [3.05, 3.63) is 47.9 Å². The molecule has 0 bridgehead atoms. The molecule has 9 nitrogen and oxygen atoms in total. The smallest absolute Gasteiger partial charge is 0.163 e. The van der Waals surface area contributed by atoms with E-state index in [4.69, 9.17) is 5.84 Å². The van der Waals surface area contributed by atoms with Gasteiger partial charge >= 0.3 is 0 Å². The monoisotopic (exact) mass is 392 g/mol. The molecule has 148 valence electrons. The lowest BCUT2D eigenvalue weighted by Crippen LogP contribution is -2.31. The number of aromatic nitrogens is 4. The number of nitrogen functional groups attached to an aromatic ring is 1. The Kier molecular flexibility index (Phi) is 4.67. The largest absolute Gasteiger partial charge is 0.390 e. The van der Waals surface area contributed by atoms with Gasteiger partial charge < -0.3 is 20.7 Å². The van der Waals surface area contributed by atoms with Gasteiger partial charge in [0, 0.05) is 5.92 Å². The Morgan fingerprint density at radius 3 is 2.68 bits per heavy atom. The Morgan fingerprint density at radius 1 is 1.18 bits per heavy atom. The van der Waals surface area contributed by atoms with Crippen LogP contribution < -0.4 is 11.3 Å². The number of rotatable bonds is 4. The van der Waals surface area contributed by atoms with Gasteiger partial charge in [0.25, 0.3) is 0 Å². The molecule has 0 radical (unpaired) electrons. The minimum Gasteiger partial charge on any atom is -0.390 e. The highest BCUT2D eigenvalue weighted by Crippen LogP contribution is 2.42. The molecule has 1 saturated carbocycles. The van der Waals surface area contributed by atoms with Crippen molar-refractivity contribution in [3.8, 4) is 0 Å². The summed E-state index contributed by atoms with van der Waals surface area (Å²) in [4.78, 5) is 8.13. The minimum absolute atomic E-state index is 0.109. The summed E-state index contributed by atoms with van der Waals surface area (Å²) in [6.07, 6.45) is -0.973. The number of nitrogens with zero attached hydrogens (tertiary/aromatic N) is 4. The van der Waals surface area contributed by atoms with Gasteiger partial charge in [-0.05, 0) is 24.1 Å². The summed E-state index contributed by atoms with van der Waals surface area (Å²) in [6, 6.07) is 2.33. The van der Waals surface area contributed by atoms with E-state index in [9.17, 15) is 24.1 Å². The molecule has 1 aromatic carbocycles. The summed E-state index contributed by atoms with van der Waals surface area (Å²) in [5, 5.41) is 36.3. The second-order valence-corrected chi connectivity index (χ2v) is 6.76. The van der Waals surface area contributed by atoms with Crippen LogP contribution >= 0.6 is 0 Å². The molecule has 5 atom stereocenters. The van der Waals surface area contributed by atoms with Crippen LogP contribution in [-0.4, -0.2) is 47.3 Å². The van der Waals surface area contributed by atoms with E-state index < -0.39 is 41.9 Å². The molecular weight excluding hydrogens is 374 g/mol. The van der Waals surface area contributed by atoms with Crippen LogP contribution in [0.2, 0.25) is 0 Å². The maximum absolute atomic E-state index is 13.5. The molecule has 0 amide bonds. The first-order valence-corrected chi connectivity index (χ1v) is 8.56. The third-order valence-corrected chi connectivity index (χ3v) is 5.23. The van der Waals surface area contributed by atoms with Crippen molar-refractivity contribution in [3.63, 3.8) is 0 Å². The number of hydrogen-bond acceptors (Lipinski definition) is 8. The van der Waals surface area contributed by atoms with Gasteiger partial charge in [0.15, 0.2) is 23.1 Å². The number of aliphatic hydroxyl groups excluding tert-OH is 3. The summed E-state index contributed by atoms with van der Waals surface area (Å²) in [5.74, 6) is 2.81. The quantitative estimate of drug-likeness (QED) is 0.317. The van der Waals surface area contributed by atoms with E-state index in [-0.39, 0.29) is 12.0 Å². The number of halogens is 2. The average Bonchev–Trinajstić information content (AvgIpc) is 3.25. The molecule has 0 unspecified atom stereocenters. The Labute approximate surface area is 157 Å². The highest BCUT2D eigenvalue weighted by molar-refractivity contribution is 5.85. The van der Waals surface area contributed by atoms with Crippen molar-refractivity contribution in [1.29, 1.82) is 0 Å². The highest BCUT2D eigenvalue weighted by atomic mass is 19.2. The molecule has 0 aliphatic heterocycles. The first-order chi connectivity index (χ1) is 13.4. The van der Waals surface area contributed by atoms with Crippen molar-refractivity contribution in [2.24, 2.45) is 11.8 Å². The van der Waals surface area contributed by atoms with Gasteiger partial charge in [-0.2, -0.15) is 5.10 Å². The standard InChI is InChI=1S/C17H18F2N6O3/c18-10-2-1-7(3-11(10)19)13(26)8-4-12(15(28)14(8)27)25-17-9(5-23-25)16(24-20)21-6-22-17/h1-3,5-6,8,12-15,26-28H,4,20H2,(H,21,22,24)/t8-,12-,13-,14-,15+/m1/s1. The first kappa shape index (κ1) is 18.6. The lowest BCUT2D eigenvalue weighted by molar-refractivity contribution is -0.0272. The summed E-state index contributed by atoms with van der Waals surface area (Å²) in [5.41, 5.74) is 2.93. The van der Waals surface area contributed by atoms with Crippen LogP contribution in [0.25, 0.3) is 11.0 Å². The zero-order chi connectivity index (χ0) is 20.0. The van der Waals surface area contributed by atoms with Gasteiger partial charge in [-0.25, -0.2) is 29.3 Å². The molecule has 28 heavy (non-hydrogen) atoms. The van der Waals surface area contributed by atoms with Crippen LogP contribution in [0.3, 0.4) is 0 Å². The SMILES string of the molecule is NNc1ncnc2c1cnn2[C@@H]1C[C@H]([C@H](O)c2ccc(F)c(F)c2)[C@@H](O)[C@H]1O. The van der Waals surface area contributed by atoms with Gasteiger partial charge in [-0.1, -0.05) is 6.07 Å². The molecule has 0 saturated heterocycles. The van der Waals surface area contributed by atoms with Crippen LogP contribution in [0.4, 0.5) is 14.6 Å². The molecule has 2 aromatic heterocycles. The lowest BCUT2D eigenvalue weighted by Gasteiger charge is -2.22. The van der Waals surface area contributed by atoms with Crippen molar-refractivity contribution in [2.75, 3.05) is 5.43 Å². The first-order valence-electron chi connectivity index (χ1n) is 8.56. The Balaban J connectivity index is 1.65. The number of aliphatic hydroxyl groups is 3. The number of anilines is 1. The van der Waals surface area contributed by atoms with E-state index >= 15 is 0 Å². The fraction of sp³-hybridized carbons (Fsp3) is 0.353. The van der Waals surface area contributed by atoms with E-state index in [1.54, 1.807) is 0 Å². The number of benzene rings is 1. The molecule has 6 N–H and O–H groups in total. The minimum atomic E-state index is -1.30. The third-order valence-electron chi connectivity index (χ3n) is 5.23. The Bertz CT molecular complexity index is 1020. The molecule has 1 aliphatic carbocycles. The van der Waals surface area contributed by atoms with Gasteiger partial charge in [-0.15, -0.1) is 0 Å². The van der Waals surface area contributed by atoms with Crippen molar-refractivity contribution in [2.45, 2.75) is 30.8 Å². The maximum atomic E-state index is 13.5. The fourth-order valence-corrected chi connectivity index (χ4v) is 3.76. The van der Waals surface area contributed by atoms with Crippen molar-refractivity contribution < 1.29 is 24.1 Å². The fourth-order valence-electron chi connectivity index (χ4n) is 3.76. The lowest BCUT2D eigenvalue weighted by atomic mass is 9.92. The number of hydrazine groups is 1. The van der Waals surface area contributed by atoms with E-state index in [0.29, 0.717) is 16.9 Å². The molecule has 11 heteroatoms. The topological polar surface area (TPSA) is 142 Å². The molecular formula is C17H18F2N6O3. The Hall–Kier alpha value is -2.73. The zero-order valence-electron chi connectivity index (χ0n) is 14.4. The number of fused-ring (bicyclic) bond motifs is 1. The molecule has 1 aliphatic rings. The second-order valence-electron chi connectivity index (χ2n) is 6.76. The molecule has 2 heterocycles. The normalized spacial score (nSPS) is 25.9. The van der Waals surface area contributed by atoms with E-state index in [0.717, 1.165) is 12.1 Å². The predicted molar refractivity (Wildman–Crippen MR) is 93.6 cm³/mol. The highest BCUT2D eigenvalue weighted by Gasteiger charge is 2.46. The number of hydrogen-bond donors (Lipinski definition) is 5. The van der Waals surface area contributed by atoms with Crippen LogP contribution in [0.5, 0.6) is 0 Å². The van der Waals surface area contributed by atoms with Gasteiger partial charge in [0.1, 0.15) is 12.4 Å². The van der Waals surface area contributed by atoms with Gasteiger partial charge in [-0.3, -0.25) is 0 Å².